The molecule has 0 radical (unpaired) electrons. The molecular formula is C16H18N4. The van der Waals surface area contributed by atoms with E-state index in [-0.39, 0.29) is 0 Å². The Labute approximate surface area is 118 Å². The molecule has 1 saturated carbocycles. The molecule has 2 N–H and O–H groups in total. The van der Waals surface area contributed by atoms with Crippen LogP contribution in [0.3, 0.4) is 0 Å². The summed E-state index contributed by atoms with van der Waals surface area (Å²) in [5, 5.41) is 8.81. The van der Waals surface area contributed by atoms with Gasteiger partial charge in [0.15, 0.2) is 0 Å². The predicted octanol–water partition coefficient (Wildman–Crippen LogP) is 2.59. The topological polar surface area (TPSA) is 67.6 Å². The van der Waals surface area contributed by atoms with Crippen LogP contribution in [0.4, 0.5) is 0 Å². The Morgan fingerprint density at radius 1 is 1.35 bits per heavy atom. The molecule has 1 aliphatic rings. The molecule has 1 fully saturated rings. The number of aromatic nitrogens is 2. The molecule has 2 unspecified atom stereocenters. The van der Waals surface area contributed by atoms with Gasteiger partial charge in [-0.3, -0.25) is 0 Å². The van der Waals surface area contributed by atoms with Gasteiger partial charge in [-0.2, -0.15) is 5.26 Å². The van der Waals surface area contributed by atoms with Gasteiger partial charge in [0, 0.05) is 17.8 Å². The van der Waals surface area contributed by atoms with E-state index in [0.29, 0.717) is 11.5 Å². The molecule has 1 aromatic carbocycles. The Morgan fingerprint density at radius 3 is 2.85 bits per heavy atom. The van der Waals surface area contributed by atoms with Crippen molar-refractivity contribution in [3.05, 3.63) is 48.0 Å². The van der Waals surface area contributed by atoms with E-state index in [2.05, 4.69) is 17.3 Å². The van der Waals surface area contributed by atoms with Crippen LogP contribution < -0.4 is 5.73 Å². The summed E-state index contributed by atoms with van der Waals surface area (Å²) >= 11 is 0. The molecule has 3 rings (SSSR count). The number of nitrogens with zero attached hydrogens (tertiary/aromatic N) is 3. The van der Waals surface area contributed by atoms with Gasteiger partial charge in [-0.05, 0) is 56.0 Å². The summed E-state index contributed by atoms with van der Waals surface area (Å²) in [7, 11) is 0. The fourth-order valence-electron chi connectivity index (χ4n) is 2.69. The van der Waals surface area contributed by atoms with Crippen molar-refractivity contribution in [2.75, 3.05) is 6.54 Å². The van der Waals surface area contributed by atoms with Crippen LogP contribution in [0.2, 0.25) is 0 Å². The van der Waals surface area contributed by atoms with Gasteiger partial charge in [0.25, 0.3) is 0 Å². The highest BCUT2D eigenvalue weighted by molar-refractivity contribution is 5.39. The average Bonchev–Trinajstić information content (AvgIpc) is 3.11. The van der Waals surface area contributed by atoms with Gasteiger partial charge in [-0.15, -0.1) is 0 Å². The lowest BCUT2D eigenvalue weighted by Gasteiger charge is -2.01. The van der Waals surface area contributed by atoms with Gasteiger partial charge in [0.05, 0.1) is 23.7 Å². The van der Waals surface area contributed by atoms with E-state index >= 15 is 0 Å². The molecule has 102 valence electrons. The summed E-state index contributed by atoms with van der Waals surface area (Å²) < 4.78 is 2.02. The summed E-state index contributed by atoms with van der Waals surface area (Å²) in [5.74, 6) is 1.38. The van der Waals surface area contributed by atoms with E-state index in [1.807, 2.05) is 35.2 Å². The molecule has 2 aromatic rings. The third-order valence-electron chi connectivity index (χ3n) is 3.98. The molecule has 4 nitrogen and oxygen atoms in total. The van der Waals surface area contributed by atoms with E-state index in [1.165, 1.54) is 18.5 Å². The largest absolute Gasteiger partial charge is 0.330 e. The van der Waals surface area contributed by atoms with Crippen molar-refractivity contribution >= 4 is 0 Å². The van der Waals surface area contributed by atoms with Crippen LogP contribution in [0.5, 0.6) is 0 Å². The van der Waals surface area contributed by atoms with Crippen LogP contribution in [0, 0.1) is 17.2 Å². The van der Waals surface area contributed by atoms with Gasteiger partial charge >= 0.3 is 0 Å². The maximum atomic E-state index is 8.81. The number of nitrogens with two attached hydrogens (primary N) is 1. The predicted molar refractivity (Wildman–Crippen MR) is 77.4 cm³/mol. The minimum Gasteiger partial charge on any atom is -0.330 e. The zero-order chi connectivity index (χ0) is 13.9. The van der Waals surface area contributed by atoms with Gasteiger partial charge in [0.1, 0.15) is 0 Å². The Balaban J connectivity index is 1.69. The van der Waals surface area contributed by atoms with Crippen molar-refractivity contribution in [1.82, 2.24) is 9.55 Å². The summed E-state index contributed by atoms with van der Waals surface area (Å²) in [4.78, 5) is 4.52. The number of imidazole rings is 1. The van der Waals surface area contributed by atoms with E-state index < -0.39 is 0 Å². The van der Waals surface area contributed by atoms with Gasteiger partial charge in [-0.1, -0.05) is 0 Å². The van der Waals surface area contributed by atoms with E-state index in [4.69, 9.17) is 11.0 Å². The zero-order valence-corrected chi connectivity index (χ0v) is 11.4. The first-order chi connectivity index (χ1) is 9.81. The van der Waals surface area contributed by atoms with Crippen molar-refractivity contribution in [3.8, 4) is 11.8 Å². The molecule has 0 amide bonds. The zero-order valence-electron chi connectivity index (χ0n) is 11.4. The van der Waals surface area contributed by atoms with Gasteiger partial charge in [0.2, 0.25) is 0 Å². The highest BCUT2D eigenvalue weighted by Crippen LogP contribution is 2.49. The molecule has 2 atom stereocenters. The number of hydrogen-bond donors (Lipinski definition) is 1. The van der Waals surface area contributed by atoms with Gasteiger partial charge < -0.3 is 10.3 Å². The van der Waals surface area contributed by atoms with Crippen LogP contribution in [-0.2, 0) is 0 Å². The molecule has 20 heavy (non-hydrogen) atoms. The molecule has 0 saturated heterocycles. The molecule has 4 heteroatoms. The van der Waals surface area contributed by atoms with Crippen LogP contribution in [0.15, 0.2) is 36.8 Å². The second kappa shape index (κ2) is 5.48. The summed E-state index contributed by atoms with van der Waals surface area (Å²) in [6, 6.07) is 9.68. The summed E-state index contributed by atoms with van der Waals surface area (Å²) in [6.45, 7) is 0.781. The molecular weight excluding hydrogens is 248 g/mol. The first kappa shape index (κ1) is 12.9. The molecule has 0 bridgehead atoms. The number of rotatable bonds is 5. The van der Waals surface area contributed by atoms with Crippen molar-refractivity contribution in [1.29, 1.82) is 5.26 Å². The Hall–Kier alpha value is -2.12. The van der Waals surface area contributed by atoms with Crippen LogP contribution in [0.1, 0.15) is 36.4 Å². The lowest BCUT2D eigenvalue weighted by atomic mass is 10.1. The first-order valence-electron chi connectivity index (χ1n) is 7.06. The van der Waals surface area contributed by atoms with E-state index in [9.17, 15) is 0 Å². The lowest BCUT2D eigenvalue weighted by molar-refractivity contribution is 0.655. The normalized spacial score (nSPS) is 20.6. The van der Waals surface area contributed by atoms with Crippen molar-refractivity contribution in [2.45, 2.75) is 25.2 Å². The smallest absolute Gasteiger partial charge is 0.0995 e. The minimum absolute atomic E-state index is 0.612. The SMILES string of the molecule is N#Cc1ccc(-n2cnc(C3CC3CCCN)c2)cc1. The van der Waals surface area contributed by atoms with E-state index in [1.54, 1.807) is 0 Å². The quantitative estimate of drug-likeness (QED) is 0.904. The number of benzene rings is 1. The number of nitriles is 1. The number of hydrogen-bond acceptors (Lipinski definition) is 3. The standard InChI is InChI=1S/C16H18N4/c17-7-1-2-13-8-15(13)16-10-20(11-19-16)14-5-3-12(9-18)4-6-14/h3-6,10-11,13,15H,1-2,7-8,17H2. The maximum Gasteiger partial charge on any atom is 0.0995 e. The highest BCUT2D eigenvalue weighted by atomic mass is 15.0. The highest BCUT2D eigenvalue weighted by Gasteiger charge is 2.38. The first-order valence-corrected chi connectivity index (χ1v) is 7.06. The van der Waals surface area contributed by atoms with Crippen molar-refractivity contribution in [3.63, 3.8) is 0 Å². The third kappa shape index (κ3) is 2.59. The van der Waals surface area contributed by atoms with Crippen molar-refractivity contribution < 1.29 is 0 Å². The molecule has 1 heterocycles. The summed E-state index contributed by atoms with van der Waals surface area (Å²) in [6.07, 6.45) is 7.52. The van der Waals surface area contributed by atoms with Crippen LogP contribution in [0.25, 0.3) is 5.69 Å². The second-order valence-corrected chi connectivity index (χ2v) is 5.40. The lowest BCUT2D eigenvalue weighted by Crippen LogP contribution is -1.98. The Morgan fingerprint density at radius 2 is 2.15 bits per heavy atom. The van der Waals surface area contributed by atoms with Gasteiger partial charge in [-0.25, -0.2) is 4.98 Å². The monoisotopic (exact) mass is 266 g/mol. The van der Waals surface area contributed by atoms with Crippen molar-refractivity contribution in [2.24, 2.45) is 11.7 Å². The van der Waals surface area contributed by atoms with Crippen LogP contribution >= 0.6 is 0 Å². The van der Waals surface area contributed by atoms with Crippen LogP contribution in [-0.4, -0.2) is 16.1 Å². The molecule has 0 aliphatic heterocycles. The molecule has 0 spiro atoms. The third-order valence-corrected chi connectivity index (χ3v) is 3.98. The molecule has 1 aromatic heterocycles. The average molecular weight is 266 g/mol. The fraction of sp³-hybridized carbons (Fsp3) is 0.375. The summed E-state index contributed by atoms with van der Waals surface area (Å²) in [5.41, 5.74) is 8.45. The Bertz CT molecular complexity index is 621. The maximum absolute atomic E-state index is 8.81. The van der Waals surface area contributed by atoms with E-state index in [0.717, 1.165) is 24.6 Å². The Kier molecular flexibility index (Phi) is 3.53. The molecule has 1 aliphatic carbocycles. The minimum atomic E-state index is 0.612. The second-order valence-electron chi connectivity index (χ2n) is 5.40. The fourth-order valence-corrected chi connectivity index (χ4v) is 2.69.